The van der Waals surface area contributed by atoms with Crippen LogP contribution in [0.4, 0.5) is 0 Å². The van der Waals surface area contributed by atoms with Crippen LogP contribution in [0, 0.1) is 13.8 Å². The molecule has 2 aromatic rings. The zero-order valence-electron chi connectivity index (χ0n) is 14.9. The minimum Gasteiger partial charge on any atom is -0.357 e. The van der Waals surface area contributed by atoms with Crippen molar-refractivity contribution in [3.8, 4) is 0 Å². The van der Waals surface area contributed by atoms with Gasteiger partial charge in [-0.15, -0.1) is 24.0 Å². The summed E-state index contributed by atoms with van der Waals surface area (Å²) in [4.78, 5) is 11.3. The fraction of sp³-hybridized carbons (Fsp3) is 0.368. The number of nitrogens with one attached hydrogen (secondary N) is 1. The van der Waals surface area contributed by atoms with Crippen LogP contribution in [0.2, 0.25) is 0 Å². The number of nitrogens with zero attached hydrogens (tertiary/aromatic N) is 3. The maximum Gasteiger partial charge on any atom is 0.194 e. The molecule has 1 heterocycles. The van der Waals surface area contributed by atoms with Crippen LogP contribution in [0.25, 0.3) is 0 Å². The summed E-state index contributed by atoms with van der Waals surface area (Å²) in [5.41, 5.74) is 4.75. The van der Waals surface area contributed by atoms with E-state index in [1.54, 1.807) is 0 Å². The summed E-state index contributed by atoms with van der Waals surface area (Å²) < 4.78 is 0. The Bertz CT molecular complexity index is 653. The topological polar surface area (TPSA) is 40.5 Å². The molecule has 1 aromatic carbocycles. The molecule has 0 aliphatic rings. The molecule has 0 atom stereocenters. The first-order chi connectivity index (χ1) is 11.1. The lowest BCUT2D eigenvalue weighted by Gasteiger charge is -2.22. The van der Waals surface area contributed by atoms with Gasteiger partial charge in [0.15, 0.2) is 5.96 Å². The highest BCUT2D eigenvalue weighted by molar-refractivity contribution is 14.0. The molecule has 0 fully saturated rings. The summed E-state index contributed by atoms with van der Waals surface area (Å²) in [5.74, 6) is 0.901. The van der Waals surface area contributed by atoms with Crippen molar-refractivity contribution in [2.75, 3.05) is 13.6 Å². The van der Waals surface area contributed by atoms with E-state index in [0.717, 1.165) is 24.7 Å². The molecule has 0 amide bonds. The van der Waals surface area contributed by atoms with Gasteiger partial charge in [0.05, 0.1) is 12.2 Å². The van der Waals surface area contributed by atoms with E-state index in [1.165, 1.54) is 16.7 Å². The zero-order valence-corrected chi connectivity index (χ0v) is 17.2. The molecular weight excluding hydrogens is 411 g/mol. The van der Waals surface area contributed by atoms with E-state index in [4.69, 9.17) is 4.99 Å². The van der Waals surface area contributed by atoms with Crippen LogP contribution >= 0.6 is 24.0 Å². The maximum atomic E-state index is 4.73. The average Bonchev–Trinajstić information content (AvgIpc) is 2.55. The number of hydrogen-bond donors (Lipinski definition) is 1. The van der Waals surface area contributed by atoms with E-state index < -0.39 is 0 Å². The van der Waals surface area contributed by atoms with Crippen molar-refractivity contribution in [1.82, 2.24) is 15.2 Å². The first kappa shape index (κ1) is 20.4. The standard InChI is InChI=1S/C19H26N4.HI/c1-5-20-19(22-13-18-16(3)7-6-12-21-18)23(4)14-17-10-8-15(2)9-11-17;/h6-12H,5,13-14H2,1-4H3,(H,20,22);1H. The highest BCUT2D eigenvalue weighted by Crippen LogP contribution is 2.08. The van der Waals surface area contributed by atoms with Crippen LogP contribution in [0.5, 0.6) is 0 Å². The highest BCUT2D eigenvalue weighted by Gasteiger charge is 2.07. The van der Waals surface area contributed by atoms with E-state index in [2.05, 4.69) is 73.4 Å². The van der Waals surface area contributed by atoms with Crippen LogP contribution in [-0.4, -0.2) is 29.4 Å². The number of aryl methyl sites for hydroxylation is 2. The predicted molar refractivity (Wildman–Crippen MR) is 112 cm³/mol. The van der Waals surface area contributed by atoms with Gasteiger partial charge in [-0.1, -0.05) is 35.9 Å². The van der Waals surface area contributed by atoms with Crippen LogP contribution in [-0.2, 0) is 13.1 Å². The molecule has 5 heteroatoms. The second-order valence-corrected chi connectivity index (χ2v) is 5.78. The molecule has 0 radical (unpaired) electrons. The zero-order chi connectivity index (χ0) is 16.7. The normalized spacial score (nSPS) is 10.9. The van der Waals surface area contributed by atoms with Crippen molar-refractivity contribution in [2.24, 2.45) is 4.99 Å². The first-order valence-corrected chi connectivity index (χ1v) is 8.05. The van der Waals surface area contributed by atoms with Crippen molar-refractivity contribution in [3.63, 3.8) is 0 Å². The third-order valence-corrected chi connectivity index (χ3v) is 3.73. The number of pyridine rings is 1. The lowest BCUT2D eigenvalue weighted by atomic mass is 10.1. The Labute approximate surface area is 162 Å². The predicted octanol–water partition coefficient (Wildman–Crippen LogP) is 3.91. The van der Waals surface area contributed by atoms with Gasteiger partial charge in [0.25, 0.3) is 0 Å². The largest absolute Gasteiger partial charge is 0.357 e. The minimum absolute atomic E-state index is 0. The smallest absolute Gasteiger partial charge is 0.194 e. The van der Waals surface area contributed by atoms with E-state index in [-0.39, 0.29) is 24.0 Å². The van der Waals surface area contributed by atoms with Crippen LogP contribution in [0.1, 0.15) is 29.3 Å². The van der Waals surface area contributed by atoms with Crippen LogP contribution in [0.3, 0.4) is 0 Å². The number of benzene rings is 1. The lowest BCUT2D eigenvalue weighted by Crippen LogP contribution is -2.38. The summed E-state index contributed by atoms with van der Waals surface area (Å²) in [6.45, 7) is 8.52. The van der Waals surface area contributed by atoms with E-state index >= 15 is 0 Å². The Morgan fingerprint density at radius 2 is 1.88 bits per heavy atom. The summed E-state index contributed by atoms with van der Waals surface area (Å²) in [6, 6.07) is 12.6. The monoisotopic (exact) mass is 438 g/mol. The fourth-order valence-electron chi connectivity index (χ4n) is 2.35. The van der Waals surface area contributed by atoms with Crippen molar-refractivity contribution >= 4 is 29.9 Å². The molecular formula is C19H27IN4. The Balaban J connectivity index is 0.00000288. The Morgan fingerprint density at radius 3 is 2.50 bits per heavy atom. The molecule has 4 nitrogen and oxygen atoms in total. The summed E-state index contributed by atoms with van der Waals surface area (Å²) in [7, 11) is 2.06. The number of aromatic nitrogens is 1. The second-order valence-electron chi connectivity index (χ2n) is 5.78. The van der Waals surface area contributed by atoms with Gasteiger partial charge in [0.2, 0.25) is 0 Å². The van der Waals surface area contributed by atoms with E-state index in [9.17, 15) is 0 Å². The molecule has 0 saturated carbocycles. The molecule has 0 spiro atoms. The Hall–Kier alpha value is -1.63. The van der Waals surface area contributed by atoms with Gasteiger partial charge in [-0.25, -0.2) is 4.99 Å². The number of guanidine groups is 1. The molecule has 0 saturated heterocycles. The Morgan fingerprint density at radius 1 is 1.17 bits per heavy atom. The van der Waals surface area contributed by atoms with Gasteiger partial charge in [0.1, 0.15) is 0 Å². The van der Waals surface area contributed by atoms with Crippen LogP contribution < -0.4 is 5.32 Å². The van der Waals surface area contributed by atoms with Gasteiger partial charge in [0, 0.05) is 26.3 Å². The van der Waals surface area contributed by atoms with Gasteiger partial charge < -0.3 is 10.2 Å². The van der Waals surface area contributed by atoms with Gasteiger partial charge in [-0.05, 0) is 38.0 Å². The number of hydrogen-bond acceptors (Lipinski definition) is 2. The van der Waals surface area contributed by atoms with Gasteiger partial charge in [-0.3, -0.25) is 4.98 Å². The molecule has 1 N–H and O–H groups in total. The summed E-state index contributed by atoms with van der Waals surface area (Å²) >= 11 is 0. The molecule has 0 bridgehead atoms. The molecule has 24 heavy (non-hydrogen) atoms. The third kappa shape index (κ3) is 6.11. The summed E-state index contributed by atoms with van der Waals surface area (Å²) in [5, 5.41) is 3.35. The van der Waals surface area contributed by atoms with E-state index in [0.29, 0.717) is 6.54 Å². The highest BCUT2D eigenvalue weighted by atomic mass is 127. The lowest BCUT2D eigenvalue weighted by molar-refractivity contribution is 0.476. The van der Waals surface area contributed by atoms with E-state index in [1.807, 2.05) is 12.3 Å². The molecule has 0 unspecified atom stereocenters. The third-order valence-electron chi connectivity index (χ3n) is 3.73. The molecule has 0 aliphatic carbocycles. The average molecular weight is 438 g/mol. The first-order valence-electron chi connectivity index (χ1n) is 8.05. The number of aliphatic imine (C=N–C) groups is 1. The van der Waals surface area contributed by atoms with Crippen molar-refractivity contribution < 1.29 is 0 Å². The van der Waals surface area contributed by atoms with Crippen molar-refractivity contribution in [1.29, 1.82) is 0 Å². The molecule has 0 aliphatic heterocycles. The quantitative estimate of drug-likeness (QED) is 0.437. The number of halogens is 1. The van der Waals surface area contributed by atoms with Crippen molar-refractivity contribution in [3.05, 3.63) is 65.0 Å². The maximum absolute atomic E-state index is 4.73. The molecule has 2 rings (SSSR count). The van der Waals surface area contributed by atoms with Crippen LogP contribution in [0.15, 0.2) is 47.6 Å². The van der Waals surface area contributed by atoms with Gasteiger partial charge in [-0.2, -0.15) is 0 Å². The Kier molecular flexibility index (Phi) is 8.74. The van der Waals surface area contributed by atoms with Gasteiger partial charge >= 0.3 is 0 Å². The number of rotatable bonds is 5. The second kappa shape index (κ2) is 10.3. The minimum atomic E-state index is 0. The molecule has 1 aromatic heterocycles. The fourth-order valence-corrected chi connectivity index (χ4v) is 2.35. The SMILES string of the molecule is CCNC(=NCc1ncccc1C)N(C)Cc1ccc(C)cc1.I. The van der Waals surface area contributed by atoms with Crippen molar-refractivity contribution in [2.45, 2.75) is 33.9 Å². The molecule has 130 valence electrons. The summed E-state index contributed by atoms with van der Waals surface area (Å²) in [6.07, 6.45) is 1.82.